The van der Waals surface area contributed by atoms with Crippen molar-refractivity contribution in [3.8, 4) is 11.1 Å². The number of carbonyl (C=O) groups is 1. The monoisotopic (exact) mass is 517 g/mol. The molecule has 2 nitrogen and oxygen atoms in total. The van der Waals surface area contributed by atoms with Gasteiger partial charge in [-0.3, -0.25) is 4.79 Å². The maximum atomic E-state index is 12.7. The number of nitrogens with one attached hydrogen (secondary N) is 1. The molecule has 0 spiro atoms. The van der Waals surface area contributed by atoms with Crippen LogP contribution in [0.4, 0.5) is 13.2 Å². The summed E-state index contributed by atoms with van der Waals surface area (Å²) in [6.07, 6.45) is -2.72. The summed E-state index contributed by atoms with van der Waals surface area (Å²) in [5, 5.41) is 2.96. The lowest BCUT2D eigenvalue weighted by Crippen LogP contribution is -2.34. The fraction of sp³-hybridized carbons (Fsp3) is 0.242. The van der Waals surface area contributed by atoms with Crippen LogP contribution < -0.4 is 5.32 Å². The number of amides is 1. The number of hydrogen-bond donors (Lipinski definition) is 1. The number of benzene rings is 4. The van der Waals surface area contributed by atoms with E-state index in [1.54, 1.807) is 24.3 Å². The molecule has 5 heteroatoms. The fourth-order valence-electron chi connectivity index (χ4n) is 4.20. The second-order valence-electron chi connectivity index (χ2n) is 9.15. The van der Waals surface area contributed by atoms with Gasteiger partial charge in [-0.15, -0.1) is 0 Å². The molecule has 1 amide bonds. The average molecular weight is 518 g/mol. The molecule has 0 aliphatic rings. The van der Waals surface area contributed by atoms with Crippen LogP contribution in [0.3, 0.4) is 0 Å². The molecule has 4 aromatic rings. The van der Waals surface area contributed by atoms with Crippen LogP contribution in [0.25, 0.3) is 11.1 Å². The molecule has 198 valence electrons. The molecule has 4 aromatic carbocycles. The van der Waals surface area contributed by atoms with Crippen molar-refractivity contribution >= 4 is 5.91 Å². The maximum absolute atomic E-state index is 12.7. The number of hydrogen-bond acceptors (Lipinski definition) is 1. The van der Waals surface area contributed by atoms with Crippen molar-refractivity contribution in [3.05, 3.63) is 131 Å². The molecule has 1 N–H and O–H groups in total. The Kier molecular flexibility index (Phi) is 10.3. The Morgan fingerprint density at radius 2 is 1.18 bits per heavy atom. The van der Waals surface area contributed by atoms with E-state index in [1.807, 2.05) is 13.8 Å². The van der Waals surface area contributed by atoms with E-state index in [9.17, 15) is 18.0 Å². The van der Waals surface area contributed by atoms with Crippen molar-refractivity contribution in [1.29, 1.82) is 0 Å². The summed E-state index contributed by atoms with van der Waals surface area (Å²) in [5.41, 5.74) is 3.71. The minimum Gasteiger partial charge on any atom is -0.349 e. The Balaban J connectivity index is 0.000000241. The van der Waals surface area contributed by atoms with E-state index >= 15 is 0 Å². The molecule has 0 aliphatic heterocycles. The van der Waals surface area contributed by atoms with Crippen molar-refractivity contribution in [2.24, 2.45) is 0 Å². The second kappa shape index (κ2) is 13.6. The lowest BCUT2D eigenvalue weighted by Gasteiger charge is -2.17. The lowest BCUT2D eigenvalue weighted by molar-refractivity contribution is -0.137. The van der Waals surface area contributed by atoms with Gasteiger partial charge in [-0.1, -0.05) is 112 Å². The molecule has 0 saturated heterocycles. The zero-order chi connectivity index (χ0) is 27.5. The van der Waals surface area contributed by atoms with Crippen LogP contribution in [0.2, 0.25) is 0 Å². The molecule has 0 bridgehead atoms. The first kappa shape index (κ1) is 28.7. The van der Waals surface area contributed by atoms with Gasteiger partial charge in [0.05, 0.1) is 5.56 Å². The zero-order valence-electron chi connectivity index (χ0n) is 22.0. The van der Waals surface area contributed by atoms with Crippen LogP contribution >= 0.6 is 0 Å². The third kappa shape index (κ3) is 7.82. The normalized spacial score (nSPS) is 11.2. The van der Waals surface area contributed by atoms with Gasteiger partial charge >= 0.3 is 6.18 Å². The predicted molar refractivity (Wildman–Crippen MR) is 149 cm³/mol. The van der Waals surface area contributed by atoms with E-state index < -0.39 is 11.7 Å². The molecular weight excluding hydrogens is 483 g/mol. The molecule has 0 atom stereocenters. The smallest absolute Gasteiger partial charge is 0.349 e. The molecule has 0 aromatic heterocycles. The highest BCUT2D eigenvalue weighted by Crippen LogP contribution is 2.32. The fourth-order valence-corrected chi connectivity index (χ4v) is 4.20. The highest BCUT2D eigenvalue weighted by Gasteiger charge is 2.30. The first-order valence-corrected chi connectivity index (χ1v) is 12.9. The molecule has 0 heterocycles. The van der Waals surface area contributed by atoms with Crippen molar-refractivity contribution in [3.63, 3.8) is 0 Å². The summed E-state index contributed by atoms with van der Waals surface area (Å²) < 4.78 is 38.1. The van der Waals surface area contributed by atoms with Crippen LogP contribution in [0.15, 0.2) is 109 Å². The maximum Gasteiger partial charge on any atom is 0.416 e. The quantitative estimate of drug-likeness (QED) is 0.260. The van der Waals surface area contributed by atoms with Crippen LogP contribution in [-0.2, 0) is 6.18 Å². The third-order valence-corrected chi connectivity index (χ3v) is 6.61. The van der Waals surface area contributed by atoms with E-state index in [1.165, 1.54) is 23.3 Å². The molecular formula is C33H34F3NO. The Morgan fingerprint density at radius 1 is 0.711 bits per heavy atom. The standard InChI is InChI=1S/C19H20F3NO.C14H14/c1-3-15(4-2)23-18(24)17-8-6-5-7-16(17)13-9-11-14(12-10-13)19(20,21)22;1-12(13-8-4-2-5-9-13)14-10-6-3-7-11-14/h5-12,15H,3-4H2,1-2H3,(H,23,24);2-12H,1H3. The number of halogens is 3. The van der Waals surface area contributed by atoms with Gasteiger partial charge in [-0.05, 0) is 53.3 Å². The highest BCUT2D eigenvalue weighted by molar-refractivity contribution is 6.01. The van der Waals surface area contributed by atoms with Gasteiger partial charge < -0.3 is 5.32 Å². The van der Waals surface area contributed by atoms with Gasteiger partial charge in [0.1, 0.15) is 0 Å². The largest absolute Gasteiger partial charge is 0.416 e. The molecule has 0 unspecified atom stereocenters. The van der Waals surface area contributed by atoms with E-state index in [0.717, 1.165) is 25.0 Å². The van der Waals surface area contributed by atoms with Crippen molar-refractivity contribution in [1.82, 2.24) is 5.32 Å². The zero-order valence-corrected chi connectivity index (χ0v) is 22.0. The molecule has 4 rings (SSSR count). The molecule has 0 radical (unpaired) electrons. The summed E-state index contributed by atoms with van der Waals surface area (Å²) in [4.78, 5) is 12.5. The Bertz CT molecular complexity index is 1230. The minimum absolute atomic E-state index is 0.0816. The summed E-state index contributed by atoms with van der Waals surface area (Å²) in [7, 11) is 0. The van der Waals surface area contributed by atoms with Gasteiger partial charge in [-0.25, -0.2) is 0 Å². The Hall–Kier alpha value is -3.86. The lowest BCUT2D eigenvalue weighted by atomic mass is 9.93. The van der Waals surface area contributed by atoms with Crippen molar-refractivity contribution in [2.75, 3.05) is 0 Å². The number of rotatable bonds is 7. The summed E-state index contributed by atoms with van der Waals surface area (Å²) >= 11 is 0. The van der Waals surface area contributed by atoms with Crippen LogP contribution in [0.5, 0.6) is 0 Å². The minimum atomic E-state index is -4.37. The van der Waals surface area contributed by atoms with Crippen LogP contribution in [0.1, 0.15) is 66.6 Å². The molecule has 0 fully saturated rings. The van der Waals surface area contributed by atoms with Gasteiger partial charge in [0.15, 0.2) is 0 Å². The SMILES string of the molecule is CC(c1ccccc1)c1ccccc1.CCC(CC)NC(=O)c1ccccc1-c1ccc(C(F)(F)F)cc1. The molecule has 0 saturated carbocycles. The van der Waals surface area contributed by atoms with Crippen LogP contribution in [-0.4, -0.2) is 11.9 Å². The summed E-state index contributed by atoms with van der Waals surface area (Å²) in [6.45, 7) is 6.23. The molecule has 0 aliphatic carbocycles. The number of alkyl halides is 3. The first-order valence-electron chi connectivity index (χ1n) is 12.9. The molecule has 38 heavy (non-hydrogen) atoms. The van der Waals surface area contributed by atoms with Gasteiger partial charge in [0.25, 0.3) is 5.91 Å². The van der Waals surface area contributed by atoms with Gasteiger partial charge in [0.2, 0.25) is 0 Å². The van der Waals surface area contributed by atoms with Crippen molar-refractivity contribution < 1.29 is 18.0 Å². The second-order valence-corrected chi connectivity index (χ2v) is 9.15. The van der Waals surface area contributed by atoms with Crippen LogP contribution in [0, 0.1) is 0 Å². The predicted octanol–water partition coefficient (Wildman–Crippen LogP) is 9.13. The summed E-state index contributed by atoms with van der Waals surface area (Å²) in [6, 6.07) is 33.1. The van der Waals surface area contributed by atoms with Gasteiger partial charge in [-0.2, -0.15) is 13.2 Å². The topological polar surface area (TPSA) is 29.1 Å². The third-order valence-electron chi connectivity index (χ3n) is 6.61. The highest BCUT2D eigenvalue weighted by atomic mass is 19.4. The van der Waals surface area contributed by atoms with E-state index in [4.69, 9.17) is 0 Å². The van der Waals surface area contributed by atoms with Crippen molar-refractivity contribution in [2.45, 2.75) is 51.7 Å². The van der Waals surface area contributed by atoms with E-state index in [-0.39, 0.29) is 11.9 Å². The summed E-state index contributed by atoms with van der Waals surface area (Å²) in [5.74, 6) is 0.275. The first-order chi connectivity index (χ1) is 18.2. The average Bonchev–Trinajstić information content (AvgIpc) is 2.96. The number of carbonyl (C=O) groups excluding carboxylic acids is 1. The van der Waals surface area contributed by atoms with Gasteiger partial charge in [0, 0.05) is 17.5 Å². The van der Waals surface area contributed by atoms with E-state index in [0.29, 0.717) is 22.6 Å². The Labute approximate surface area is 223 Å². The van der Waals surface area contributed by atoms with E-state index in [2.05, 4.69) is 72.9 Å². The Morgan fingerprint density at radius 3 is 1.66 bits per heavy atom.